The number of Topliss-reactive ketones (excluding diaryl/α,β-unsaturated/α-hetero) is 1. The van der Waals surface area contributed by atoms with Gasteiger partial charge in [0.2, 0.25) is 0 Å². The number of ether oxygens (including phenoxy) is 3. The Balaban J connectivity index is 1.56. The fourth-order valence-electron chi connectivity index (χ4n) is 4.02. The molecule has 0 unspecified atom stereocenters. The number of likely N-dealkylation sites (tertiary alicyclic amines) is 1. The molecule has 1 aliphatic heterocycles. The molecular formula is C27H35NO13S2. The first-order valence-corrected chi connectivity index (χ1v) is 15.4. The molecule has 0 bridgehead atoms. The molecule has 14 nitrogen and oxygen atoms in total. The van der Waals surface area contributed by atoms with Crippen molar-refractivity contribution < 1.29 is 51.1 Å². The van der Waals surface area contributed by atoms with Crippen LogP contribution in [0.2, 0.25) is 0 Å². The number of ketones is 1. The summed E-state index contributed by atoms with van der Waals surface area (Å²) in [5.74, 6) is -3.67. The Morgan fingerprint density at radius 2 is 1.40 bits per heavy atom. The number of rotatable bonds is 14. The minimum atomic E-state index is -1.31. The molecule has 3 heterocycles. The van der Waals surface area contributed by atoms with Crippen LogP contribution in [-0.4, -0.2) is 64.0 Å². The van der Waals surface area contributed by atoms with Crippen molar-refractivity contribution in [3.05, 3.63) is 44.3 Å². The lowest BCUT2D eigenvalue weighted by molar-refractivity contribution is -0.149. The SMILES string of the molecule is Cc1oc(=O)oc1COC(=O)SC[C@H](CC(=O)C(C)(C)SC(=O)OCc1oc(=O)oc1C)C(=O)OCCN1CCCCC1. The third-order valence-corrected chi connectivity index (χ3v) is 8.54. The molecule has 0 radical (unpaired) electrons. The summed E-state index contributed by atoms with van der Waals surface area (Å²) in [6.07, 6.45) is 3.01. The van der Waals surface area contributed by atoms with Crippen LogP contribution in [0, 0.1) is 19.8 Å². The van der Waals surface area contributed by atoms with Crippen LogP contribution >= 0.6 is 23.5 Å². The number of aryl methyl sites for hydroxylation is 2. The zero-order chi connectivity index (χ0) is 31.6. The molecule has 43 heavy (non-hydrogen) atoms. The first kappa shape index (κ1) is 34.3. The van der Waals surface area contributed by atoms with E-state index in [1.54, 1.807) is 0 Å². The number of hydrogen-bond acceptors (Lipinski definition) is 16. The molecule has 0 spiro atoms. The molecule has 2 aromatic rings. The fraction of sp³-hybridized carbons (Fsp3) is 0.630. The molecule has 3 rings (SSSR count). The van der Waals surface area contributed by atoms with Gasteiger partial charge in [0, 0.05) is 18.7 Å². The van der Waals surface area contributed by atoms with Crippen LogP contribution in [-0.2, 0) is 37.0 Å². The minimum absolute atomic E-state index is 0.0458. The molecule has 0 aliphatic carbocycles. The summed E-state index contributed by atoms with van der Waals surface area (Å²) in [5, 5.41) is -1.57. The largest absolute Gasteiger partial charge is 0.519 e. The van der Waals surface area contributed by atoms with Gasteiger partial charge in [0.1, 0.15) is 12.4 Å². The van der Waals surface area contributed by atoms with E-state index in [1.807, 2.05) is 0 Å². The van der Waals surface area contributed by atoms with Crippen molar-refractivity contribution >= 4 is 45.9 Å². The van der Waals surface area contributed by atoms with Gasteiger partial charge in [0.05, 0.1) is 10.7 Å². The number of thioether (sulfide) groups is 2. The molecule has 1 atom stereocenters. The van der Waals surface area contributed by atoms with Gasteiger partial charge in [0.25, 0.3) is 0 Å². The van der Waals surface area contributed by atoms with Gasteiger partial charge < -0.3 is 31.9 Å². The maximum absolute atomic E-state index is 13.3. The highest BCUT2D eigenvalue weighted by Gasteiger charge is 2.36. The van der Waals surface area contributed by atoms with E-state index in [0.29, 0.717) is 30.1 Å². The zero-order valence-electron chi connectivity index (χ0n) is 24.4. The normalized spacial score (nSPS) is 14.7. The lowest BCUT2D eigenvalue weighted by Gasteiger charge is -2.26. The highest BCUT2D eigenvalue weighted by Crippen LogP contribution is 2.31. The van der Waals surface area contributed by atoms with Crippen LogP contribution in [0.1, 0.15) is 62.6 Å². The van der Waals surface area contributed by atoms with Crippen molar-refractivity contribution in [2.75, 3.05) is 32.0 Å². The van der Waals surface area contributed by atoms with Crippen molar-refractivity contribution in [2.45, 2.75) is 71.3 Å². The number of carbonyl (C=O) groups is 4. The highest BCUT2D eigenvalue weighted by molar-refractivity contribution is 8.15. The Labute approximate surface area is 255 Å². The summed E-state index contributed by atoms with van der Waals surface area (Å²) < 4.78 is 33.4. The van der Waals surface area contributed by atoms with E-state index in [9.17, 15) is 28.8 Å². The first-order valence-electron chi connectivity index (χ1n) is 13.6. The van der Waals surface area contributed by atoms with Gasteiger partial charge in [-0.3, -0.25) is 14.5 Å². The van der Waals surface area contributed by atoms with Crippen LogP contribution in [0.3, 0.4) is 0 Å². The second-order valence-electron chi connectivity index (χ2n) is 10.3. The average molecular weight is 646 g/mol. The van der Waals surface area contributed by atoms with Crippen molar-refractivity contribution in [3.8, 4) is 0 Å². The van der Waals surface area contributed by atoms with Crippen LogP contribution < -0.4 is 11.6 Å². The van der Waals surface area contributed by atoms with Gasteiger partial charge in [-0.15, -0.1) is 0 Å². The summed E-state index contributed by atoms with van der Waals surface area (Å²) in [4.78, 5) is 75.7. The van der Waals surface area contributed by atoms with Gasteiger partial charge in [-0.1, -0.05) is 6.42 Å². The van der Waals surface area contributed by atoms with Gasteiger partial charge in [-0.25, -0.2) is 19.2 Å². The Morgan fingerprint density at radius 3 is 1.93 bits per heavy atom. The minimum Gasteiger partial charge on any atom is -0.464 e. The predicted molar refractivity (Wildman–Crippen MR) is 153 cm³/mol. The monoisotopic (exact) mass is 645 g/mol. The maximum atomic E-state index is 13.3. The van der Waals surface area contributed by atoms with E-state index in [1.165, 1.54) is 34.1 Å². The number of carbonyl (C=O) groups excluding carboxylic acids is 4. The molecule has 0 N–H and O–H groups in total. The third kappa shape index (κ3) is 11.1. The Hall–Kier alpha value is -3.24. The number of esters is 1. The summed E-state index contributed by atoms with van der Waals surface area (Å²) >= 11 is 1.27. The van der Waals surface area contributed by atoms with Gasteiger partial charge in [-0.2, -0.15) is 0 Å². The Morgan fingerprint density at radius 1 is 0.837 bits per heavy atom. The molecular weight excluding hydrogens is 610 g/mol. The summed E-state index contributed by atoms with van der Waals surface area (Å²) in [5.41, 5.74) is 0. The predicted octanol–water partition coefficient (Wildman–Crippen LogP) is 4.22. The Bertz CT molecular complexity index is 1380. The van der Waals surface area contributed by atoms with Crippen molar-refractivity contribution in [3.63, 3.8) is 0 Å². The average Bonchev–Trinajstić information content (AvgIpc) is 3.45. The molecule has 0 aromatic carbocycles. The molecule has 1 saturated heterocycles. The van der Waals surface area contributed by atoms with Gasteiger partial charge in [-0.05, 0) is 77.1 Å². The number of hydrogen-bond donors (Lipinski definition) is 0. The molecule has 0 amide bonds. The van der Waals surface area contributed by atoms with E-state index >= 15 is 0 Å². The third-order valence-electron chi connectivity index (χ3n) is 6.59. The van der Waals surface area contributed by atoms with Crippen LogP contribution in [0.5, 0.6) is 0 Å². The second kappa shape index (κ2) is 16.0. The van der Waals surface area contributed by atoms with Gasteiger partial charge in [0.15, 0.2) is 36.3 Å². The molecule has 0 saturated carbocycles. The van der Waals surface area contributed by atoms with Crippen molar-refractivity contribution in [2.24, 2.45) is 5.92 Å². The van der Waals surface area contributed by atoms with E-state index in [4.69, 9.17) is 31.9 Å². The number of nitrogens with zero attached hydrogens (tertiary/aromatic N) is 1. The Kier molecular flexibility index (Phi) is 12.7. The standard InChI is InChI=1S/C27H35NO13S2/c1-16-19(40-23(31)38-16)13-36-25(33)42-15-18(22(30)35-11-10-28-8-6-5-7-9-28)12-21(29)27(3,4)43-26(34)37-14-20-17(2)39-24(32)41-20/h18H,5-15H2,1-4H3/t18-/m0/s1. The van der Waals surface area contributed by atoms with E-state index in [-0.39, 0.29) is 55.0 Å². The maximum Gasteiger partial charge on any atom is 0.519 e. The molecule has 16 heteroatoms. The lowest BCUT2D eigenvalue weighted by atomic mass is 9.97. The van der Waals surface area contributed by atoms with Crippen LogP contribution in [0.25, 0.3) is 0 Å². The lowest BCUT2D eigenvalue weighted by Crippen LogP contribution is -2.36. The quantitative estimate of drug-likeness (QED) is 0.210. The van der Waals surface area contributed by atoms with Crippen LogP contribution in [0.4, 0.5) is 9.59 Å². The van der Waals surface area contributed by atoms with Gasteiger partial charge >= 0.3 is 28.2 Å². The summed E-state index contributed by atoms with van der Waals surface area (Å²) in [7, 11) is 0. The van der Waals surface area contributed by atoms with E-state index in [0.717, 1.165) is 25.9 Å². The molecule has 1 aliphatic rings. The van der Waals surface area contributed by atoms with E-state index < -0.39 is 44.7 Å². The topological polar surface area (TPSA) is 186 Å². The van der Waals surface area contributed by atoms with Crippen LogP contribution in [0.15, 0.2) is 27.3 Å². The van der Waals surface area contributed by atoms with E-state index in [2.05, 4.69) is 4.90 Å². The van der Waals surface area contributed by atoms with Crippen molar-refractivity contribution in [1.29, 1.82) is 0 Å². The smallest absolute Gasteiger partial charge is 0.464 e. The summed E-state index contributed by atoms with van der Waals surface area (Å²) in [6, 6.07) is 0. The summed E-state index contributed by atoms with van der Waals surface area (Å²) in [6.45, 7) is 7.79. The van der Waals surface area contributed by atoms with Crippen molar-refractivity contribution in [1.82, 2.24) is 4.90 Å². The second-order valence-corrected chi connectivity index (χ2v) is 12.8. The zero-order valence-corrected chi connectivity index (χ0v) is 26.1. The molecule has 2 aromatic heterocycles. The molecule has 1 fully saturated rings. The first-order chi connectivity index (χ1) is 20.3. The fourth-order valence-corrected chi connectivity index (χ4v) is 5.49. The highest BCUT2D eigenvalue weighted by atomic mass is 32.2. The molecule has 238 valence electrons. The number of piperidine rings is 1.